The molecular weight excluding hydrogens is 281 g/mol. The van der Waals surface area contributed by atoms with Crippen molar-refractivity contribution in [2.75, 3.05) is 12.3 Å². The van der Waals surface area contributed by atoms with Crippen LogP contribution in [0.5, 0.6) is 0 Å². The molecule has 1 saturated heterocycles. The number of rotatable bonds is 2. The van der Waals surface area contributed by atoms with E-state index < -0.39 is 30.7 Å². The van der Waals surface area contributed by atoms with E-state index in [1.54, 1.807) is 0 Å². The normalized spacial score (nSPS) is 29.1. The maximum Gasteiger partial charge on any atom is 0.351 e. The Morgan fingerprint density at radius 2 is 2.37 bits per heavy atom. The summed E-state index contributed by atoms with van der Waals surface area (Å²) in [6.45, 7) is -0.534. The van der Waals surface area contributed by atoms with Crippen molar-refractivity contribution in [3.63, 3.8) is 0 Å². The first-order valence-corrected chi connectivity index (χ1v) is 5.66. The van der Waals surface area contributed by atoms with Crippen LogP contribution in [0.1, 0.15) is 6.23 Å². The molecular formula is C10H11ClFN3O4. The molecule has 7 nitrogen and oxygen atoms in total. The zero-order valence-electron chi connectivity index (χ0n) is 9.53. The second kappa shape index (κ2) is 5.25. The average molecular weight is 292 g/mol. The van der Waals surface area contributed by atoms with Gasteiger partial charge in [-0.05, 0) is 0 Å². The second-order valence-corrected chi connectivity index (χ2v) is 4.32. The molecule has 104 valence electrons. The lowest BCUT2D eigenvalue weighted by Gasteiger charge is -2.17. The highest BCUT2D eigenvalue weighted by atomic mass is 35.5. The number of hydrogen-bond donors (Lipinski definition) is 3. The molecule has 3 atom stereocenters. The second-order valence-electron chi connectivity index (χ2n) is 3.92. The van der Waals surface area contributed by atoms with E-state index in [2.05, 4.69) is 4.98 Å². The highest BCUT2D eigenvalue weighted by Crippen LogP contribution is 2.33. The van der Waals surface area contributed by atoms with Crippen molar-refractivity contribution in [2.24, 2.45) is 0 Å². The minimum absolute atomic E-state index is 0.00590. The maximum absolute atomic E-state index is 12.7. The van der Waals surface area contributed by atoms with Crippen LogP contribution in [-0.2, 0) is 4.74 Å². The van der Waals surface area contributed by atoms with Crippen molar-refractivity contribution in [1.82, 2.24) is 9.55 Å². The van der Waals surface area contributed by atoms with E-state index in [4.69, 9.17) is 27.2 Å². The molecule has 0 aliphatic carbocycles. The monoisotopic (exact) mass is 291 g/mol. The summed E-state index contributed by atoms with van der Waals surface area (Å²) < 4.78 is 18.8. The van der Waals surface area contributed by atoms with Gasteiger partial charge in [0.05, 0.1) is 18.0 Å². The zero-order valence-corrected chi connectivity index (χ0v) is 10.3. The van der Waals surface area contributed by atoms with Crippen molar-refractivity contribution in [1.29, 1.82) is 0 Å². The number of nitrogens with zero attached hydrogens (tertiary/aromatic N) is 2. The summed E-state index contributed by atoms with van der Waals surface area (Å²) in [5.74, 6) is -0.157. The summed E-state index contributed by atoms with van der Waals surface area (Å²) in [4.78, 5) is 15.1. The predicted molar refractivity (Wildman–Crippen MR) is 64.1 cm³/mol. The Morgan fingerprint density at radius 3 is 2.89 bits per heavy atom. The Labute approximate surface area is 111 Å². The van der Waals surface area contributed by atoms with Gasteiger partial charge in [0, 0.05) is 11.8 Å². The number of nitrogens with two attached hydrogens (primary N) is 1. The van der Waals surface area contributed by atoms with Gasteiger partial charge in [0.25, 0.3) is 0 Å². The number of anilines is 1. The van der Waals surface area contributed by atoms with Crippen LogP contribution in [0.4, 0.5) is 10.2 Å². The van der Waals surface area contributed by atoms with E-state index in [-0.39, 0.29) is 22.7 Å². The predicted octanol–water partition coefficient (Wildman–Crippen LogP) is -0.417. The first kappa shape index (κ1) is 13.9. The van der Waals surface area contributed by atoms with Gasteiger partial charge < -0.3 is 20.7 Å². The van der Waals surface area contributed by atoms with Crippen LogP contribution in [0, 0.1) is 0 Å². The lowest BCUT2D eigenvalue weighted by atomic mass is 10.1. The summed E-state index contributed by atoms with van der Waals surface area (Å²) in [6, 6.07) is 0. The Kier molecular flexibility index (Phi) is 3.85. The summed E-state index contributed by atoms with van der Waals surface area (Å²) in [5.41, 5.74) is 4.40. The Bertz CT molecular complexity index is 576. The van der Waals surface area contributed by atoms with E-state index >= 15 is 0 Å². The minimum atomic E-state index is -1.43. The number of aliphatic hydroxyl groups excluding tert-OH is 2. The van der Waals surface area contributed by atoms with Crippen LogP contribution in [-0.4, -0.2) is 38.6 Å². The summed E-state index contributed by atoms with van der Waals surface area (Å²) in [6.07, 6.45) is -2.41. The van der Waals surface area contributed by atoms with E-state index in [0.29, 0.717) is 0 Å². The fraction of sp³-hybridized carbons (Fsp3) is 0.400. The standard InChI is InChI=1S/C10H11ClFN3O4/c11-5-2-15(10(18)14-8(5)13)9-7(17)4(1-12)6(3-16)19-9/h1-2,6-7,9,16-17H,3H2,(H2,13,14,18). The van der Waals surface area contributed by atoms with Crippen LogP contribution in [0.25, 0.3) is 0 Å². The molecule has 1 aromatic heterocycles. The Morgan fingerprint density at radius 1 is 1.68 bits per heavy atom. The number of hydrogen-bond acceptors (Lipinski definition) is 6. The van der Waals surface area contributed by atoms with E-state index in [9.17, 15) is 14.3 Å². The SMILES string of the molecule is Nc1nc(=O)n(C2OC(CO)C(=CF)C2O)cc1Cl. The van der Waals surface area contributed by atoms with Gasteiger partial charge in [-0.3, -0.25) is 4.57 Å². The molecule has 2 heterocycles. The summed E-state index contributed by atoms with van der Waals surface area (Å²) in [7, 11) is 0. The van der Waals surface area contributed by atoms with Gasteiger partial charge >= 0.3 is 5.69 Å². The van der Waals surface area contributed by atoms with Crippen molar-refractivity contribution < 1.29 is 19.3 Å². The first-order chi connectivity index (χ1) is 8.99. The molecule has 19 heavy (non-hydrogen) atoms. The summed E-state index contributed by atoms with van der Waals surface area (Å²) >= 11 is 5.73. The Balaban J connectivity index is 2.44. The third-order valence-electron chi connectivity index (χ3n) is 2.79. The molecule has 0 aromatic carbocycles. The number of nitrogen functional groups attached to an aromatic ring is 1. The molecule has 0 bridgehead atoms. The van der Waals surface area contributed by atoms with Gasteiger partial charge in [-0.2, -0.15) is 4.98 Å². The zero-order chi connectivity index (χ0) is 14.2. The van der Waals surface area contributed by atoms with Gasteiger partial charge in [-0.1, -0.05) is 11.6 Å². The highest BCUT2D eigenvalue weighted by Gasteiger charge is 2.40. The number of aromatic nitrogens is 2. The van der Waals surface area contributed by atoms with Crippen LogP contribution in [0.3, 0.4) is 0 Å². The lowest BCUT2D eigenvalue weighted by molar-refractivity contribution is -0.0526. The fourth-order valence-electron chi connectivity index (χ4n) is 1.82. The highest BCUT2D eigenvalue weighted by molar-refractivity contribution is 6.32. The molecule has 0 amide bonds. The summed E-state index contributed by atoms with van der Waals surface area (Å²) in [5, 5.41) is 18.9. The number of halogens is 2. The number of aliphatic hydroxyl groups is 2. The van der Waals surface area contributed by atoms with Gasteiger partial charge in [-0.25, -0.2) is 9.18 Å². The molecule has 0 spiro atoms. The van der Waals surface area contributed by atoms with Gasteiger partial charge in [0.2, 0.25) is 0 Å². The van der Waals surface area contributed by atoms with Crippen LogP contribution in [0.2, 0.25) is 5.02 Å². The van der Waals surface area contributed by atoms with Crippen molar-refractivity contribution in [2.45, 2.75) is 18.4 Å². The van der Waals surface area contributed by atoms with Crippen molar-refractivity contribution in [3.05, 3.63) is 33.6 Å². The topological polar surface area (TPSA) is 111 Å². The molecule has 1 fully saturated rings. The van der Waals surface area contributed by atoms with Crippen molar-refractivity contribution >= 4 is 17.4 Å². The van der Waals surface area contributed by atoms with Crippen molar-refractivity contribution in [3.8, 4) is 0 Å². The first-order valence-electron chi connectivity index (χ1n) is 5.28. The van der Waals surface area contributed by atoms with Crippen LogP contribution >= 0.6 is 11.6 Å². The third-order valence-corrected chi connectivity index (χ3v) is 3.08. The smallest absolute Gasteiger partial charge is 0.351 e. The molecule has 2 rings (SSSR count). The molecule has 1 aromatic rings. The van der Waals surface area contributed by atoms with Gasteiger partial charge in [-0.15, -0.1) is 0 Å². The molecule has 0 radical (unpaired) electrons. The quantitative estimate of drug-likeness (QED) is 0.683. The Hall–Kier alpha value is -1.48. The molecule has 4 N–H and O–H groups in total. The van der Waals surface area contributed by atoms with E-state index in [0.717, 1.165) is 10.8 Å². The molecule has 1 aliphatic heterocycles. The molecule has 9 heteroatoms. The van der Waals surface area contributed by atoms with E-state index in [1.165, 1.54) is 0 Å². The minimum Gasteiger partial charge on any atom is -0.393 e. The van der Waals surface area contributed by atoms with Gasteiger partial charge in [0.15, 0.2) is 6.23 Å². The van der Waals surface area contributed by atoms with E-state index in [1.807, 2.05) is 0 Å². The lowest BCUT2D eigenvalue weighted by Crippen LogP contribution is -2.32. The number of ether oxygens (including phenoxy) is 1. The molecule has 0 saturated carbocycles. The van der Waals surface area contributed by atoms with Crippen LogP contribution < -0.4 is 11.4 Å². The molecule has 1 aliphatic rings. The average Bonchev–Trinajstić information content (AvgIpc) is 2.70. The van der Waals surface area contributed by atoms with Gasteiger partial charge in [0.1, 0.15) is 18.0 Å². The maximum atomic E-state index is 12.7. The fourth-order valence-corrected chi connectivity index (χ4v) is 1.96. The third kappa shape index (κ3) is 2.35. The largest absolute Gasteiger partial charge is 0.393 e. The molecule has 3 unspecified atom stereocenters. The van der Waals surface area contributed by atoms with Crippen LogP contribution in [0.15, 0.2) is 22.9 Å².